The molecule has 0 aromatic heterocycles. The van der Waals surface area contributed by atoms with Gasteiger partial charge in [0.1, 0.15) is 12.7 Å². The minimum atomic E-state index is -4.88. The molecule has 0 aliphatic heterocycles. The number of phosphoric ester groups is 2. The summed E-state index contributed by atoms with van der Waals surface area (Å²) in [6.07, 6.45) is 22.3. The number of allylic oxidation sites excluding steroid dienone is 5. The number of carbonyl (C=O) groups excluding carboxylic acids is 3. The Labute approximate surface area is 339 Å². The molecule has 0 aromatic carbocycles. The van der Waals surface area contributed by atoms with E-state index < -0.39 is 72.3 Å². The van der Waals surface area contributed by atoms with Crippen LogP contribution in [0.4, 0.5) is 0 Å². The van der Waals surface area contributed by atoms with Crippen molar-refractivity contribution in [1.29, 1.82) is 0 Å². The number of ketones is 1. The molecule has 0 saturated heterocycles. The Morgan fingerprint density at radius 3 is 2.05 bits per heavy atom. The fraction of sp³-hybridized carbons (Fsp3) is 0.775. The van der Waals surface area contributed by atoms with Gasteiger partial charge in [0.2, 0.25) is 0 Å². The summed E-state index contributed by atoms with van der Waals surface area (Å²) in [5.74, 6) is -0.786. The molecular formula is C40H70O15P2. The van der Waals surface area contributed by atoms with E-state index in [1.54, 1.807) is 18.2 Å². The zero-order valence-electron chi connectivity index (χ0n) is 34.2. The van der Waals surface area contributed by atoms with E-state index in [1.807, 2.05) is 18.2 Å². The number of carbonyl (C=O) groups is 3. The molecule has 5 N–H and O–H groups in total. The Morgan fingerprint density at radius 1 is 0.772 bits per heavy atom. The van der Waals surface area contributed by atoms with Crippen molar-refractivity contribution in [2.24, 2.45) is 17.8 Å². The molecule has 0 amide bonds. The Hall–Kier alpha value is -2.03. The van der Waals surface area contributed by atoms with Gasteiger partial charge >= 0.3 is 27.6 Å². The van der Waals surface area contributed by atoms with Crippen LogP contribution < -0.4 is 0 Å². The summed E-state index contributed by atoms with van der Waals surface area (Å²) in [7, 11) is -9.73. The minimum absolute atomic E-state index is 0.00963. The molecule has 0 saturated carbocycles. The lowest BCUT2D eigenvalue weighted by Crippen LogP contribution is -2.30. The highest BCUT2D eigenvalue weighted by Gasteiger charge is 2.29. The van der Waals surface area contributed by atoms with E-state index >= 15 is 0 Å². The quantitative estimate of drug-likeness (QED) is 0.0179. The van der Waals surface area contributed by atoms with Gasteiger partial charge in [-0.2, -0.15) is 0 Å². The molecule has 0 heterocycles. The summed E-state index contributed by atoms with van der Waals surface area (Å²) >= 11 is 0. The molecule has 0 bridgehead atoms. The number of ether oxygens (including phenoxy) is 2. The zero-order chi connectivity index (χ0) is 42.5. The van der Waals surface area contributed by atoms with Crippen LogP contribution in [0.2, 0.25) is 0 Å². The summed E-state index contributed by atoms with van der Waals surface area (Å²) in [5.41, 5.74) is 0. The smallest absolute Gasteiger partial charge is 0.462 e. The molecule has 15 nitrogen and oxygen atoms in total. The maximum absolute atomic E-state index is 12.6. The second-order valence-corrected chi connectivity index (χ2v) is 17.7. The van der Waals surface area contributed by atoms with Crippen LogP contribution in [0.15, 0.2) is 36.5 Å². The minimum Gasteiger partial charge on any atom is -0.462 e. The van der Waals surface area contributed by atoms with E-state index in [0.29, 0.717) is 32.1 Å². The lowest BCUT2D eigenvalue weighted by atomic mass is 9.90. The number of aliphatic hydroxyl groups excluding tert-OH is 2. The molecule has 1 unspecified atom stereocenters. The van der Waals surface area contributed by atoms with Crippen LogP contribution in [0.3, 0.4) is 0 Å². The molecule has 330 valence electrons. The topological polar surface area (TPSA) is 233 Å². The standard InChI is InChI=1S/C40H70O15P2/c1-4-5-14-21-34(41)25-26-37-33(24-27-38(37)43)20-16-12-13-17-22-39(44)51-30-36(31-54-57(49,50)53-29-35(42)28-52-56(46,47)48)55-40(45)23-18-11-9-7-6-8-10-15-19-32(2)3/h12,16,24-27,32-37,41-42H,4-11,13-15,17-23,28-31H2,1-3H3,(H,49,50)(H2,46,47,48)/b16-12-,26-25+/t33-,34-,35-,36+,37+/m0/s1. The predicted octanol–water partition coefficient (Wildman–Crippen LogP) is 7.59. The summed E-state index contributed by atoms with van der Waals surface area (Å²) in [6.45, 7) is 3.66. The highest BCUT2D eigenvalue weighted by molar-refractivity contribution is 7.47. The highest BCUT2D eigenvalue weighted by atomic mass is 31.2. The SMILES string of the molecule is CCCCC[C@H](O)/C=C/[C@H]1C(=O)C=C[C@@H]1C/C=C\CCCC(=O)OC[C@H](COP(=O)(O)OC[C@@H](O)COP(=O)(O)O)OC(=O)CCCCCCCCCCC(C)C. The number of esters is 2. The van der Waals surface area contributed by atoms with E-state index in [0.717, 1.165) is 50.9 Å². The Morgan fingerprint density at radius 2 is 1.39 bits per heavy atom. The first-order valence-electron chi connectivity index (χ1n) is 20.6. The van der Waals surface area contributed by atoms with Gasteiger partial charge in [0.05, 0.1) is 25.9 Å². The number of hydrogen-bond acceptors (Lipinski definition) is 12. The zero-order valence-corrected chi connectivity index (χ0v) is 36.0. The molecule has 17 heteroatoms. The van der Waals surface area contributed by atoms with Crippen LogP contribution in [0.25, 0.3) is 0 Å². The van der Waals surface area contributed by atoms with Crippen LogP contribution >= 0.6 is 15.6 Å². The van der Waals surface area contributed by atoms with Crippen molar-refractivity contribution < 1.29 is 71.5 Å². The van der Waals surface area contributed by atoms with E-state index in [1.165, 1.54) is 25.7 Å². The lowest BCUT2D eigenvalue weighted by Gasteiger charge is -2.20. The van der Waals surface area contributed by atoms with Gasteiger partial charge < -0.3 is 34.4 Å². The number of aliphatic hydroxyl groups is 2. The summed E-state index contributed by atoms with van der Waals surface area (Å²) in [6, 6.07) is 0. The number of rotatable bonds is 35. The third kappa shape index (κ3) is 29.8. The monoisotopic (exact) mass is 852 g/mol. The van der Waals surface area contributed by atoms with Gasteiger partial charge in [-0.05, 0) is 50.0 Å². The van der Waals surface area contributed by atoms with E-state index in [9.17, 15) is 38.6 Å². The van der Waals surface area contributed by atoms with Crippen molar-refractivity contribution in [2.75, 3.05) is 26.4 Å². The molecule has 0 aromatic rings. The molecule has 0 radical (unpaired) electrons. The van der Waals surface area contributed by atoms with Gasteiger partial charge in [-0.15, -0.1) is 0 Å². The number of phosphoric acid groups is 2. The van der Waals surface area contributed by atoms with Gasteiger partial charge in [0.15, 0.2) is 11.9 Å². The molecule has 0 fully saturated rings. The van der Waals surface area contributed by atoms with E-state index in [4.69, 9.17) is 23.8 Å². The van der Waals surface area contributed by atoms with Crippen LogP contribution in [0, 0.1) is 17.8 Å². The van der Waals surface area contributed by atoms with Crippen molar-refractivity contribution >= 4 is 33.4 Å². The van der Waals surface area contributed by atoms with Crippen LogP contribution in [0.1, 0.15) is 136 Å². The first kappa shape index (κ1) is 53.0. The van der Waals surface area contributed by atoms with Crippen molar-refractivity contribution in [3.63, 3.8) is 0 Å². The van der Waals surface area contributed by atoms with Gasteiger partial charge in [-0.1, -0.05) is 122 Å². The van der Waals surface area contributed by atoms with Gasteiger partial charge in [-0.25, -0.2) is 9.13 Å². The van der Waals surface area contributed by atoms with Gasteiger partial charge in [-0.3, -0.25) is 28.0 Å². The molecule has 1 rings (SSSR count). The Balaban J connectivity index is 2.56. The lowest BCUT2D eigenvalue weighted by molar-refractivity contribution is -0.161. The number of unbranched alkanes of at least 4 members (excludes halogenated alkanes) is 10. The third-order valence-corrected chi connectivity index (χ3v) is 10.6. The van der Waals surface area contributed by atoms with Crippen LogP contribution in [-0.2, 0) is 46.6 Å². The average Bonchev–Trinajstić information content (AvgIpc) is 3.50. The highest BCUT2D eigenvalue weighted by Crippen LogP contribution is 2.44. The molecular weight excluding hydrogens is 782 g/mol. The van der Waals surface area contributed by atoms with Crippen molar-refractivity contribution in [3.8, 4) is 0 Å². The van der Waals surface area contributed by atoms with Crippen molar-refractivity contribution in [3.05, 3.63) is 36.5 Å². The fourth-order valence-electron chi connectivity index (χ4n) is 5.93. The molecule has 1 aliphatic rings. The largest absolute Gasteiger partial charge is 0.472 e. The van der Waals surface area contributed by atoms with Gasteiger partial charge in [0.25, 0.3) is 0 Å². The summed E-state index contributed by atoms with van der Waals surface area (Å²) in [4.78, 5) is 65.1. The Bertz CT molecular complexity index is 1310. The second-order valence-electron chi connectivity index (χ2n) is 15.1. The molecule has 57 heavy (non-hydrogen) atoms. The third-order valence-electron chi connectivity index (χ3n) is 9.20. The van der Waals surface area contributed by atoms with Crippen molar-refractivity contribution in [1.82, 2.24) is 0 Å². The first-order chi connectivity index (χ1) is 27.0. The maximum atomic E-state index is 12.6. The normalized spacial score (nSPS) is 18.7. The first-order valence-corrected chi connectivity index (χ1v) is 23.6. The maximum Gasteiger partial charge on any atom is 0.472 e. The van der Waals surface area contributed by atoms with E-state index in [-0.39, 0.29) is 30.5 Å². The van der Waals surface area contributed by atoms with Crippen LogP contribution in [0.5, 0.6) is 0 Å². The molecule has 6 atom stereocenters. The molecule has 1 aliphatic carbocycles. The second kappa shape index (κ2) is 30.9. The summed E-state index contributed by atoms with van der Waals surface area (Å²) in [5, 5.41) is 19.9. The van der Waals surface area contributed by atoms with E-state index in [2.05, 4.69) is 29.8 Å². The van der Waals surface area contributed by atoms with Crippen molar-refractivity contribution in [2.45, 2.75) is 155 Å². The average molecular weight is 853 g/mol. The predicted molar refractivity (Wildman–Crippen MR) is 216 cm³/mol. The van der Waals surface area contributed by atoms with Crippen LogP contribution in [-0.4, -0.2) is 87.4 Å². The Kier molecular flexibility index (Phi) is 28.8. The number of hydrogen-bond donors (Lipinski definition) is 5. The summed E-state index contributed by atoms with van der Waals surface area (Å²) < 4.78 is 47.6. The fourth-order valence-corrected chi connectivity index (χ4v) is 7.09. The van der Waals surface area contributed by atoms with Gasteiger partial charge in [0, 0.05) is 18.8 Å². The molecule has 0 spiro atoms.